The van der Waals surface area contributed by atoms with Gasteiger partial charge in [0.2, 0.25) is 0 Å². The molecule has 0 spiro atoms. The molecule has 0 amide bonds. The van der Waals surface area contributed by atoms with Crippen molar-refractivity contribution in [3.63, 3.8) is 0 Å². The Morgan fingerprint density at radius 1 is 1.20 bits per heavy atom. The van der Waals surface area contributed by atoms with Crippen LogP contribution in [0.2, 0.25) is 0 Å². The molecule has 11 heteroatoms. The van der Waals surface area contributed by atoms with E-state index in [1.165, 1.54) is 13.0 Å². The van der Waals surface area contributed by atoms with Crippen LogP contribution in [-0.4, -0.2) is 27.0 Å². The van der Waals surface area contributed by atoms with Gasteiger partial charge in [-0.25, -0.2) is 17.6 Å². The van der Waals surface area contributed by atoms with Gasteiger partial charge in [0, 0.05) is 23.3 Å². The highest BCUT2D eigenvalue weighted by Gasteiger charge is 2.48. The summed E-state index contributed by atoms with van der Waals surface area (Å²) in [7, 11) is -4.72. The molecule has 0 unspecified atom stereocenters. The average Bonchev–Trinajstić information content (AvgIpc) is 2.66. The topological polar surface area (TPSA) is 93.5 Å². The van der Waals surface area contributed by atoms with Crippen LogP contribution in [0.4, 0.5) is 17.6 Å². The predicted molar refractivity (Wildman–Crippen MR) is 96.7 cm³/mol. The third-order valence-electron chi connectivity index (χ3n) is 3.83. The molecule has 0 heterocycles. The van der Waals surface area contributed by atoms with Crippen LogP contribution in [0.1, 0.15) is 16.7 Å². The molecule has 2 aromatic rings. The molecular weight excluding hydrogens is 430 g/mol. The van der Waals surface area contributed by atoms with Crippen LogP contribution in [-0.2, 0) is 19.4 Å². The fraction of sp³-hybridized carbons (Fsp3) is 0.158. The number of sulfone groups is 1. The Bertz CT molecular complexity index is 1160. The Morgan fingerprint density at radius 2 is 1.87 bits per heavy atom. The minimum absolute atomic E-state index is 0.0651. The molecule has 0 aromatic heterocycles. The molecule has 2 aromatic carbocycles. The van der Waals surface area contributed by atoms with Crippen molar-refractivity contribution in [3.8, 4) is 17.6 Å². The first-order valence-electron chi connectivity index (χ1n) is 8.00. The van der Waals surface area contributed by atoms with E-state index in [1.807, 2.05) is 0 Å². The van der Waals surface area contributed by atoms with E-state index in [2.05, 4.69) is 4.74 Å². The highest BCUT2D eigenvalue weighted by atomic mass is 32.2. The lowest BCUT2D eigenvalue weighted by molar-refractivity contribution is -0.134. The number of hydrogen-bond acceptors (Lipinski definition) is 6. The van der Waals surface area contributed by atoms with Crippen LogP contribution in [0, 0.1) is 24.1 Å². The van der Waals surface area contributed by atoms with Gasteiger partial charge in [0.1, 0.15) is 17.3 Å². The minimum Gasteiger partial charge on any atom is -0.466 e. The van der Waals surface area contributed by atoms with E-state index < -0.39 is 37.6 Å². The molecule has 0 saturated heterocycles. The monoisotopic (exact) mass is 443 g/mol. The molecule has 30 heavy (non-hydrogen) atoms. The second-order valence-corrected chi connectivity index (χ2v) is 7.71. The van der Waals surface area contributed by atoms with Crippen molar-refractivity contribution >= 4 is 21.9 Å². The van der Waals surface area contributed by atoms with E-state index in [-0.39, 0.29) is 22.6 Å². The van der Waals surface area contributed by atoms with E-state index in [0.29, 0.717) is 6.07 Å². The van der Waals surface area contributed by atoms with E-state index >= 15 is 0 Å². The molecule has 0 N–H and O–H groups in total. The second kappa shape index (κ2) is 8.54. The third-order valence-corrected chi connectivity index (χ3v) is 5.38. The summed E-state index contributed by atoms with van der Waals surface area (Å²) in [6.45, 7) is 1.26. The van der Waals surface area contributed by atoms with Crippen molar-refractivity contribution in [2.75, 3.05) is 7.11 Å². The van der Waals surface area contributed by atoms with Crippen molar-refractivity contribution < 1.29 is 40.2 Å². The Kier molecular flexibility index (Phi) is 6.52. The van der Waals surface area contributed by atoms with Crippen molar-refractivity contribution in [2.45, 2.75) is 17.3 Å². The molecule has 0 saturated carbocycles. The molecule has 158 valence electrons. The highest BCUT2D eigenvalue weighted by Crippen LogP contribution is 2.38. The quantitative estimate of drug-likeness (QED) is 0.389. The summed E-state index contributed by atoms with van der Waals surface area (Å²) >= 11 is 0. The standard InChI is InChI=1S/C19H13F4NO5S/c1-11-15(3-6-18(25)28-2)17(30(26,27)19(21,22)23)5-4-16(11)29-14-8-12(10-24)7-13(20)9-14/h3-9H,1-2H3. The van der Waals surface area contributed by atoms with Gasteiger partial charge >= 0.3 is 11.5 Å². The second-order valence-electron chi connectivity index (χ2n) is 5.80. The maximum absolute atomic E-state index is 13.6. The number of rotatable bonds is 5. The summed E-state index contributed by atoms with van der Waals surface area (Å²) in [6.07, 6.45) is 1.59. The summed E-state index contributed by atoms with van der Waals surface area (Å²) in [5.74, 6) is -1.97. The van der Waals surface area contributed by atoms with Gasteiger partial charge in [-0.05, 0) is 37.3 Å². The van der Waals surface area contributed by atoms with Gasteiger partial charge in [-0.3, -0.25) is 0 Å². The predicted octanol–water partition coefficient (Wildman–Crippen LogP) is 4.28. The van der Waals surface area contributed by atoms with Gasteiger partial charge in [0.15, 0.2) is 0 Å². The Balaban J connectivity index is 2.66. The molecule has 0 bridgehead atoms. The number of methoxy groups -OCH3 is 1. The zero-order chi connectivity index (χ0) is 22.7. The first-order chi connectivity index (χ1) is 13.9. The number of alkyl halides is 3. The number of benzene rings is 2. The summed E-state index contributed by atoms with van der Waals surface area (Å²) in [5.41, 5.74) is -6.19. The van der Waals surface area contributed by atoms with Gasteiger partial charge in [-0.15, -0.1) is 0 Å². The minimum atomic E-state index is -5.75. The fourth-order valence-electron chi connectivity index (χ4n) is 2.39. The maximum Gasteiger partial charge on any atom is 0.501 e. The first kappa shape index (κ1) is 22.9. The number of esters is 1. The number of ether oxygens (including phenoxy) is 2. The number of nitriles is 1. The number of carbonyl (C=O) groups excluding carboxylic acids is 1. The lowest BCUT2D eigenvalue weighted by Gasteiger charge is -2.16. The van der Waals surface area contributed by atoms with Crippen LogP contribution in [0.3, 0.4) is 0 Å². The lowest BCUT2D eigenvalue weighted by Crippen LogP contribution is -2.24. The normalized spacial score (nSPS) is 11.9. The van der Waals surface area contributed by atoms with E-state index in [9.17, 15) is 30.8 Å². The van der Waals surface area contributed by atoms with Crippen LogP contribution in [0.5, 0.6) is 11.5 Å². The summed E-state index contributed by atoms with van der Waals surface area (Å²) in [6, 6.07) is 6.41. The van der Waals surface area contributed by atoms with Gasteiger partial charge in [-0.2, -0.15) is 18.4 Å². The molecule has 6 nitrogen and oxygen atoms in total. The highest BCUT2D eigenvalue weighted by molar-refractivity contribution is 7.92. The Hall–Kier alpha value is -3.39. The first-order valence-corrected chi connectivity index (χ1v) is 9.48. The SMILES string of the molecule is COC(=O)C=Cc1c(S(=O)(=O)C(F)(F)F)ccc(Oc2cc(F)cc(C#N)c2)c1C. The van der Waals surface area contributed by atoms with Crippen molar-refractivity contribution in [3.05, 3.63) is 58.9 Å². The molecule has 0 atom stereocenters. The van der Waals surface area contributed by atoms with E-state index in [4.69, 9.17) is 10.00 Å². The fourth-order valence-corrected chi connectivity index (χ4v) is 3.40. The van der Waals surface area contributed by atoms with Crippen molar-refractivity contribution in [1.29, 1.82) is 5.26 Å². The smallest absolute Gasteiger partial charge is 0.466 e. The molecule has 0 fully saturated rings. The maximum atomic E-state index is 13.6. The number of hydrogen-bond donors (Lipinski definition) is 0. The third kappa shape index (κ3) is 4.77. The summed E-state index contributed by atoms with van der Waals surface area (Å²) in [5, 5.41) is 8.90. The van der Waals surface area contributed by atoms with Gasteiger partial charge in [0.25, 0.3) is 9.84 Å². The van der Waals surface area contributed by atoms with Crippen LogP contribution < -0.4 is 4.74 Å². The molecule has 0 aliphatic carbocycles. The zero-order valence-electron chi connectivity index (χ0n) is 15.5. The number of halogens is 4. The summed E-state index contributed by atoms with van der Waals surface area (Å²) < 4.78 is 86.5. The van der Waals surface area contributed by atoms with Crippen LogP contribution in [0.25, 0.3) is 6.08 Å². The van der Waals surface area contributed by atoms with Crippen LogP contribution in [0.15, 0.2) is 41.3 Å². The largest absolute Gasteiger partial charge is 0.501 e. The lowest BCUT2D eigenvalue weighted by atomic mass is 10.1. The average molecular weight is 443 g/mol. The van der Waals surface area contributed by atoms with Crippen molar-refractivity contribution in [2.24, 2.45) is 0 Å². The van der Waals surface area contributed by atoms with Gasteiger partial charge in [0.05, 0.1) is 23.6 Å². The van der Waals surface area contributed by atoms with E-state index in [0.717, 1.165) is 37.5 Å². The molecule has 0 radical (unpaired) electrons. The van der Waals surface area contributed by atoms with E-state index in [1.54, 1.807) is 6.07 Å². The van der Waals surface area contributed by atoms with Crippen molar-refractivity contribution in [1.82, 2.24) is 0 Å². The molecule has 0 aliphatic rings. The number of carbonyl (C=O) groups is 1. The zero-order valence-corrected chi connectivity index (χ0v) is 16.3. The van der Waals surface area contributed by atoms with Gasteiger partial charge in [-0.1, -0.05) is 0 Å². The molecular formula is C19H13F4NO5S. The Labute approximate surface area is 168 Å². The number of nitrogens with zero attached hydrogens (tertiary/aromatic N) is 1. The molecule has 0 aliphatic heterocycles. The van der Waals surface area contributed by atoms with Crippen LogP contribution >= 0.6 is 0 Å². The summed E-state index contributed by atoms with van der Waals surface area (Å²) in [4.78, 5) is 10.3. The van der Waals surface area contributed by atoms with Gasteiger partial charge < -0.3 is 9.47 Å². The molecule has 2 rings (SSSR count). The Morgan fingerprint density at radius 3 is 2.43 bits per heavy atom.